The molecule has 0 spiro atoms. The Bertz CT molecular complexity index is 1480. The number of nitrogens with one attached hydrogen (secondary N) is 1. The summed E-state index contributed by atoms with van der Waals surface area (Å²) in [4.78, 5) is 26.1. The molecule has 0 atom stereocenters. The Kier molecular flexibility index (Phi) is 6.98. The summed E-state index contributed by atoms with van der Waals surface area (Å²) in [6, 6.07) is 15.5. The zero-order chi connectivity index (χ0) is 25.1. The normalized spacial score (nSPS) is 10.8. The van der Waals surface area contributed by atoms with Crippen molar-refractivity contribution in [2.75, 3.05) is 26.1 Å². The second-order valence-electron chi connectivity index (χ2n) is 7.96. The molecular formula is C27H24ClNO6. The molecule has 1 N–H and O–H groups in total. The summed E-state index contributed by atoms with van der Waals surface area (Å²) in [6.45, 7) is 3.36. The first-order valence-corrected chi connectivity index (χ1v) is 11.2. The minimum atomic E-state index is -0.453. The number of benzene rings is 3. The van der Waals surface area contributed by atoms with Crippen molar-refractivity contribution in [1.82, 2.24) is 0 Å². The molecule has 3 aromatic carbocycles. The first-order valence-electron chi connectivity index (χ1n) is 10.8. The Morgan fingerprint density at radius 3 is 2.49 bits per heavy atom. The highest BCUT2D eigenvalue weighted by molar-refractivity contribution is 6.30. The number of carbonyl (C=O) groups is 1. The number of anilines is 1. The van der Waals surface area contributed by atoms with E-state index in [-0.39, 0.29) is 16.9 Å². The van der Waals surface area contributed by atoms with Crippen molar-refractivity contribution in [2.45, 2.75) is 13.8 Å². The standard InChI is InChI=1S/C27H24ClNO6/c1-15-10-16(2)25-20(11-15)24(31)27(34-14-23(30)29-19-7-5-6-18(28)13-19)26(35-25)17-8-9-21(32-3)22(12-17)33-4/h5-13H,14H2,1-4H3,(H,29,30). The van der Waals surface area contributed by atoms with Crippen LogP contribution in [0.15, 0.2) is 63.8 Å². The maximum atomic E-state index is 13.5. The van der Waals surface area contributed by atoms with Crippen LogP contribution in [0.25, 0.3) is 22.3 Å². The lowest BCUT2D eigenvalue weighted by Gasteiger charge is -2.14. The highest BCUT2D eigenvalue weighted by Crippen LogP contribution is 2.37. The summed E-state index contributed by atoms with van der Waals surface area (Å²) in [5.74, 6) is 0.639. The molecular weight excluding hydrogens is 470 g/mol. The third-order valence-electron chi connectivity index (χ3n) is 5.38. The second-order valence-corrected chi connectivity index (χ2v) is 8.40. The third-order valence-corrected chi connectivity index (χ3v) is 5.62. The van der Waals surface area contributed by atoms with E-state index < -0.39 is 12.5 Å². The molecule has 1 amide bonds. The number of hydrogen-bond donors (Lipinski definition) is 1. The van der Waals surface area contributed by atoms with Crippen LogP contribution in [0.3, 0.4) is 0 Å². The lowest BCUT2D eigenvalue weighted by atomic mass is 10.0. The number of carbonyl (C=O) groups excluding carboxylic acids is 1. The average Bonchev–Trinajstić information content (AvgIpc) is 2.83. The summed E-state index contributed by atoms with van der Waals surface area (Å²) in [5, 5.41) is 3.56. The molecule has 35 heavy (non-hydrogen) atoms. The van der Waals surface area contributed by atoms with Gasteiger partial charge in [0.25, 0.3) is 5.91 Å². The van der Waals surface area contributed by atoms with Gasteiger partial charge in [-0.15, -0.1) is 0 Å². The molecule has 0 saturated carbocycles. The minimum Gasteiger partial charge on any atom is -0.493 e. The molecule has 1 aromatic heterocycles. The first-order chi connectivity index (χ1) is 16.8. The Morgan fingerprint density at radius 2 is 1.77 bits per heavy atom. The van der Waals surface area contributed by atoms with Gasteiger partial charge in [-0.25, -0.2) is 0 Å². The molecule has 4 aromatic rings. The van der Waals surface area contributed by atoms with Crippen molar-refractivity contribution in [1.29, 1.82) is 0 Å². The van der Waals surface area contributed by atoms with Crippen molar-refractivity contribution >= 4 is 34.2 Å². The van der Waals surface area contributed by atoms with E-state index in [1.807, 2.05) is 19.9 Å². The number of fused-ring (bicyclic) bond motifs is 1. The van der Waals surface area contributed by atoms with Crippen molar-refractivity contribution in [2.24, 2.45) is 0 Å². The zero-order valence-electron chi connectivity index (χ0n) is 19.7. The molecule has 7 nitrogen and oxygen atoms in total. The number of ether oxygens (including phenoxy) is 3. The van der Waals surface area contributed by atoms with Gasteiger partial charge in [-0.2, -0.15) is 0 Å². The lowest BCUT2D eigenvalue weighted by Crippen LogP contribution is -2.22. The molecule has 0 aliphatic rings. The van der Waals surface area contributed by atoms with Crippen molar-refractivity contribution in [3.8, 4) is 28.6 Å². The topological polar surface area (TPSA) is 87.0 Å². The van der Waals surface area contributed by atoms with E-state index in [9.17, 15) is 9.59 Å². The summed E-state index contributed by atoms with van der Waals surface area (Å²) in [6.07, 6.45) is 0. The van der Waals surface area contributed by atoms with Crippen molar-refractivity contribution in [3.63, 3.8) is 0 Å². The van der Waals surface area contributed by atoms with E-state index >= 15 is 0 Å². The molecule has 0 unspecified atom stereocenters. The van der Waals surface area contributed by atoms with Gasteiger partial charge in [-0.1, -0.05) is 23.7 Å². The average molecular weight is 494 g/mol. The van der Waals surface area contributed by atoms with Crippen LogP contribution in [0.1, 0.15) is 11.1 Å². The zero-order valence-corrected chi connectivity index (χ0v) is 20.5. The Hall–Kier alpha value is -3.97. The second kappa shape index (κ2) is 10.1. The molecule has 180 valence electrons. The van der Waals surface area contributed by atoms with Gasteiger partial charge in [-0.3, -0.25) is 9.59 Å². The van der Waals surface area contributed by atoms with Gasteiger partial charge >= 0.3 is 0 Å². The molecule has 0 aliphatic heterocycles. The lowest BCUT2D eigenvalue weighted by molar-refractivity contribution is -0.118. The van der Waals surface area contributed by atoms with Gasteiger partial charge in [0.2, 0.25) is 11.2 Å². The maximum Gasteiger partial charge on any atom is 0.262 e. The fourth-order valence-corrected chi connectivity index (χ4v) is 4.02. The van der Waals surface area contributed by atoms with E-state index in [1.165, 1.54) is 14.2 Å². The summed E-state index contributed by atoms with van der Waals surface area (Å²) >= 11 is 5.98. The van der Waals surface area contributed by atoms with Gasteiger partial charge in [0, 0.05) is 16.3 Å². The molecule has 0 bridgehead atoms. The monoisotopic (exact) mass is 493 g/mol. The molecule has 1 heterocycles. The molecule has 0 saturated heterocycles. The largest absolute Gasteiger partial charge is 0.493 e. The highest BCUT2D eigenvalue weighted by atomic mass is 35.5. The Balaban J connectivity index is 1.78. The molecule has 0 aliphatic carbocycles. The van der Waals surface area contributed by atoms with E-state index in [0.29, 0.717) is 38.7 Å². The Morgan fingerprint density at radius 1 is 1.00 bits per heavy atom. The molecule has 4 rings (SSSR count). The number of aryl methyl sites for hydroxylation is 2. The predicted octanol–water partition coefficient (Wildman–Crippen LogP) is 5.76. The summed E-state index contributed by atoms with van der Waals surface area (Å²) in [5.41, 5.74) is 2.84. The van der Waals surface area contributed by atoms with Crippen LogP contribution < -0.4 is 25.0 Å². The van der Waals surface area contributed by atoms with Crippen LogP contribution in [-0.4, -0.2) is 26.7 Å². The third kappa shape index (κ3) is 5.10. The van der Waals surface area contributed by atoms with Gasteiger partial charge in [0.1, 0.15) is 5.58 Å². The van der Waals surface area contributed by atoms with Crippen LogP contribution in [0, 0.1) is 13.8 Å². The van der Waals surface area contributed by atoms with Gasteiger partial charge in [-0.05, 0) is 67.4 Å². The minimum absolute atomic E-state index is 0.0732. The van der Waals surface area contributed by atoms with Crippen LogP contribution in [0.4, 0.5) is 5.69 Å². The van der Waals surface area contributed by atoms with Gasteiger partial charge < -0.3 is 23.9 Å². The maximum absolute atomic E-state index is 13.5. The smallest absolute Gasteiger partial charge is 0.262 e. The quantitative estimate of drug-likeness (QED) is 0.352. The number of hydrogen-bond acceptors (Lipinski definition) is 6. The van der Waals surface area contributed by atoms with Gasteiger partial charge in [0.05, 0.1) is 19.6 Å². The predicted molar refractivity (Wildman–Crippen MR) is 136 cm³/mol. The SMILES string of the molecule is COc1ccc(-c2oc3c(C)cc(C)cc3c(=O)c2OCC(=O)Nc2cccc(Cl)c2)cc1OC. The Labute approximate surface area is 207 Å². The molecule has 0 radical (unpaired) electrons. The fraction of sp³-hybridized carbons (Fsp3) is 0.185. The van der Waals surface area contributed by atoms with E-state index in [2.05, 4.69) is 5.32 Å². The first kappa shape index (κ1) is 24.2. The van der Waals surface area contributed by atoms with Gasteiger partial charge in [0.15, 0.2) is 23.9 Å². The van der Waals surface area contributed by atoms with Crippen LogP contribution in [0.2, 0.25) is 5.02 Å². The van der Waals surface area contributed by atoms with Crippen LogP contribution >= 0.6 is 11.6 Å². The summed E-state index contributed by atoms with van der Waals surface area (Å²) < 4.78 is 22.7. The van der Waals surface area contributed by atoms with Crippen molar-refractivity contribution in [3.05, 3.63) is 81.0 Å². The fourth-order valence-electron chi connectivity index (χ4n) is 3.83. The number of methoxy groups -OCH3 is 2. The van der Waals surface area contributed by atoms with E-state index in [1.54, 1.807) is 48.5 Å². The van der Waals surface area contributed by atoms with E-state index in [0.717, 1.165) is 11.1 Å². The van der Waals surface area contributed by atoms with Crippen LogP contribution in [0.5, 0.6) is 17.2 Å². The number of amides is 1. The number of halogens is 1. The number of rotatable bonds is 7. The molecule has 8 heteroatoms. The van der Waals surface area contributed by atoms with E-state index in [4.69, 9.17) is 30.2 Å². The highest BCUT2D eigenvalue weighted by Gasteiger charge is 2.21. The van der Waals surface area contributed by atoms with Crippen LogP contribution in [-0.2, 0) is 4.79 Å². The van der Waals surface area contributed by atoms with Crippen molar-refractivity contribution < 1.29 is 23.4 Å². The molecule has 0 fully saturated rings. The summed E-state index contributed by atoms with van der Waals surface area (Å²) in [7, 11) is 3.05.